The van der Waals surface area contributed by atoms with Crippen LogP contribution in [0.4, 0.5) is 17.1 Å². The number of rotatable bonds is 6. The van der Waals surface area contributed by atoms with Gasteiger partial charge in [0.15, 0.2) is 0 Å². The van der Waals surface area contributed by atoms with Crippen LogP contribution in [0, 0.1) is 0 Å². The fraction of sp³-hybridized carbons (Fsp3) is 0.250. The van der Waals surface area contributed by atoms with E-state index in [1.54, 1.807) is 0 Å². The molecule has 3 radical (unpaired) electrons. The number of anilines is 3. The fourth-order valence-corrected chi connectivity index (χ4v) is 7.07. The van der Waals surface area contributed by atoms with Crippen molar-refractivity contribution < 1.29 is 0 Å². The molecule has 0 amide bonds. The first-order valence-corrected chi connectivity index (χ1v) is 17.4. The number of benzene rings is 3. The normalized spacial score (nSPS) is 11.5. The van der Waals surface area contributed by atoms with Gasteiger partial charge in [0, 0.05) is 17.1 Å². The smallest absolute Gasteiger partial charge is 0.0819 e. The number of hydrogen-bond donors (Lipinski definition) is 0. The van der Waals surface area contributed by atoms with E-state index < -0.39 is 26.4 Å². The van der Waals surface area contributed by atoms with Crippen molar-refractivity contribution in [1.29, 1.82) is 0 Å². The van der Waals surface area contributed by atoms with Gasteiger partial charge in [0.2, 0.25) is 0 Å². The van der Waals surface area contributed by atoms with Gasteiger partial charge in [-0.1, -0.05) is 93.9 Å². The number of para-hydroxylation sites is 3. The highest BCUT2D eigenvalue weighted by Gasteiger charge is 2.23. The molecule has 0 aliphatic carbocycles. The highest BCUT2D eigenvalue weighted by atomic mass is 28.3. The summed E-state index contributed by atoms with van der Waals surface area (Å²) in [5.41, 5.74) is 4.06. The molecule has 0 saturated heterocycles. The first-order valence-electron chi connectivity index (χ1n) is 9.90. The van der Waals surface area contributed by atoms with Crippen LogP contribution < -0.4 is 20.5 Å². The zero-order valence-electron chi connectivity index (χ0n) is 17.9. The van der Waals surface area contributed by atoms with Gasteiger partial charge in [-0.3, -0.25) is 0 Å². The Kier molecular flexibility index (Phi) is 6.75. The molecule has 4 heteroatoms. The summed E-state index contributed by atoms with van der Waals surface area (Å²) < 4.78 is 0. The Hall–Kier alpha value is -1.89. The van der Waals surface area contributed by atoms with Crippen molar-refractivity contribution in [2.45, 2.75) is 39.3 Å². The van der Waals surface area contributed by atoms with Crippen LogP contribution in [0.25, 0.3) is 0 Å². The van der Waals surface area contributed by atoms with Crippen LogP contribution in [-0.4, -0.2) is 26.4 Å². The lowest BCUT2D eigenvalue weighted by molar-refractivity contribution is 1.31. The summed E-state index contributed by atoms with van der Waals surface area (Å²) in [5.74, 6) is 0. The van der Waals surface area contributed by atoms with Gasteiger partial charge in [0.05, 0.1) is 26.4 Å². The van der Waals surface area contributed by atoms with Crippen LogP contribution in [0.5, 0.6) is 0 Å². The van der Waals surface area contributed by atoms with E-state index in [-0.39, 0.29) is 0 Å². The van der Waals surface area contributed by atoms with E-state index in [0.29, 0.717) is 0 Å². The summed E-state index contributed by atoms with van der Waals surface area (Å²) in [6.45, 7) is 14.4. The first-order chi connectivity index (χ1) is 13.4. The molecule has 0 aromatic heterocycles. The van der Waals surface area contributed by atoms with Gasteiger partial charge in [0.25, 0.3) is 0 Å². The molecule has 0 fully saturated rings. The van der Waals surface area contributed by atoms with Gasteiger partial charge >= 0.3 is 0 Å². The minimum absolute atomic E-state index is 0.591. The average molecular weight is 417 g/mol. The van der Waals surface area contributed by atoms with E-state index in [1.807, 2.05) is 0 Å². The van der Waals surface area contributed by atoms with Crippen LogP contribution in [0.2, 0.25) is 39.3 Å². The summed E-state index contributed by atoms with van der Waals surface area (Å²) in [4.78, 5) is 2.56. The standard InChI is InChI=1S/C24H30NSi3/c1-26(2)22-16-10-7-13-19(22)25(20-14-8-11-17-23(20)27(3)4)21-15-9-12-18-24(21)28(5)6/h7-18H,1-6H3. The molecule has 0 bridgehead atoms. The molecule has 0 spiro atoms. The second-order valence-corrected chi connectivity index (χ2v) is 15.5. The Labute approximate surface area is 175 Å². The van der Waals surface area contributed by atoms with Gasteiger partial charge in [-0.25, -0.2) is 0 Å². The lowest BCUT2D eigenvalue weighted by Gasteiger charge is -2.33. The van der Waals surface area contributed by atoms with Crippen LogP contribution in [-0.2, 0) is 0 Å². The molecular formula is C24H30NSi3. The Balaban J connectivity index is 2.35. The summed E-state index contributed by atoms with van der Waals surface area (Å²) in [6, 6.07) is 27.1. The van der Waals surface area contributed by atoms with Crippen molar-refractivity contribution in [2.24, 2.45) is 0 Å². The third-order valence-corrected chi connectivity index (χ3v) is 9.55. The summed E-state index contributed by atoms with van der Waals surface area (Å²) in [5, 5.41) is 4.50. The van der Waals surface area contributed by atoms with Crippen molar-refractivity contribution in [3.8, 4) is 0 Å². The molecule has 3 rings (SSSR count). The second kappa shape index (κ2) is 9.07. The molecule has 0 atom stereocenters. The first kappa shape index (κ1) is 20.8. The van der Waals surface area contributed by atoms with Crippen molar-refractivity contribution in [3.63, 3.8) is 0 Å². The van der Waals surface area contributed by atoms with Gasteiger partial charge in [0.1, 0.15) is 0 Å². The molecule has 3 aromatic rings. The van der Waals surface area contributed by atoms with Gasteiger partial charge in [-0.05, 0) is 33.8 Å². The maximum Gasteiger partial charge on any atom is 0.0819 e. The Morgan fingerprint density at radius 1 is 0.429 bits per heavy atom. The quantitative estimate of drug-likeness (QED) is 0.509. The summed E-state index contributed by atoms with van der Waals surface area (Å²) in [7, 11) is -1.77. The molecule has 3 aromatic carbocycles. The van der Waals surface area contributed by atoms with Crippen molar-refractivity contribution in [2.75, 3.05) is 4.90 Å². The zero-order valence-corrected chi connectivity index (χ0v) is 20.9. The number of nitrogens with zero attached hydrogens (tertiary/aromatic N) is 1. The van der Waals surface area contributed by atoms with Crippen LogP contribution in [0.3, 0.4) is 0 Å². The molecular weight excluding hydrogens is 387 g/mol. The van der Waals surface area contributed by atoms with E-state index >= 15 is 0 Å². The zero-order chi connectivity index (χ0) is 20.3. The van der Waals surface area contributed by atoms with Crippen LogP contribution in [0.15, 0.2) is 72.8 Å². The van der Waals surface area contributed by atoms with Crippen LogP contribution >= 0.6 is 0 Å². The Morgan fingerprint density at radius 2 is 0.679 bits per heavy atom. The maximum absolute atomic E-state index is 2.56. The van der Waals surface area contributed by atoms with E-state index in [9.17, 15) is 0 Å². The minimum Gasteiger partial charge on any atom is -0.311 e. The predicted octanol–water partition coefficient (Wildman–Crippen LogP) is 5.04. The molecule has 0 saturated carbocycles. The third-order valence-electron chi connectivity index (χ3n) is 5.05. The van der Waals surface area contributed by atoms with Gasteiger partial charge in [-0.15, -0.1) is 0 Å². The van der Waals surface area contributed by atoms with Crippen molar-refractivity contribution >= 4 is 59.0 Å². The molecule has 0 unspecified atom stereocenters. The second-order valence-electron chi connectivity index (χ2n) is 7.89. The van der Waals surface area contributed by atoms with E-state index in [2.05, 4.69) is 117 Å². The maximum atomic E-state index is 2.56. The van der Waals surface area contributed by atoms with Gasteiger partial charge < -0.3 is 4.90 Å². The van der Waals surface area contributed by atoms with Crippen molar-refractivity contribution in [1.82, 2.24) is 0 Å². The lowest BCUT2D eigenvalue weighted by Crippen LogP contribution is -2.37. The average Bonchev–Trinajstić information content (AvgIpc) is 2.69. The van der Waals surface area contributed by atoms with Crippen molar-refractivity contribution in [3.05, 3.63) is 72.8 Å². The topological polar surface area (TPSA) is 3.24 Å². The monoisotopic (exact) mass is 416 g/mol. The summed E-state index contributed by atoms with van der Waals surface area (Å²) >= 11 is 0. The highest BCUT2D eigenvalue weighted by molar-refractivity contribution is 6.74. The molecule has 1 nitrogen and oxygen atoms in total. The highest BCUT2D eigenvalue weighted by Crippen LogP contribution is 2.32. The molecule has 143 valence electrons. The Bertz CT molecular complexity index is 812. The fourth-order valence-electron chi connectivity index (χ4n) is 3.66. The Morgan fingerprint density at radius 3 is 0.929 bits per heavy atom. The predicted molar refractivity (Wildman–Crippen MR) is 132 cm³/mol. The third kappa shape index (κ3) is 4.24. The molecule has 0 heterocycles. The van der Waals surface area contributed by atoms with Crippen LogP contribution in [0.1, 0.15) is 0 Å². The number of hydrogen-bond acceptors (Lipinski definition) is 1. The molecule has 0 aliphatic rings. The SMILES string of the molecule is C[Si](C)c1ccccc1N(c1ccccc1[Si](C)C)c1ccccc1[Si](C)C. The molecule has 0 N–H and O–H groups in total. The van der Waals surface area contributed by atoms with E-state index in [4.69, 9.17) is 0 Å². The molecule has 28 heavy (non-hydrogen) atoms. The lowest BCUT2D eigenvalue weighted by atomic mass is 10.2. The van der Waals surface area contributed by atoms with E-state index in [1.165, 1.54) is 32.6 Å². The van der Waals surface area contributed by atoms with Gasteiger partial charge in [-0.2, -0.15) is 0 Å². The minimum atomic E-state index is -0.591. The summed E-state index contributed by atoms with van der Waals surface area (Å²) in [6.07, 6.45) is 0. The molecule has 0 aliphatic heterocycles. The van der Waals surface area contributed by atoms with E-state index in [0.717, 1.165) is 0 Å². The largest absolute Gasteiger partial charge is 0.311 e.